The van der Waals surface area contributed by atoms with Crippen molar-refractivity contribution in [3.8, 4) is 0 Å². The maximum absolute atomic E-state index is 14.6. The summed E-state index contributed by atoms with van der Waals surface area (Å²) in [6.07, 6.45) is 2.93. The van der Waals surface area contributed by atoms with Crippen molar-refractivity contribution in [2.24, 2.45) is 27.2 Å². The molecule has 26 nitrogen and oxygen atoms in total. The van der Waals surface area contributed by atoms with Gasteiger partial charge in [0.25, 0.3) is 0 Å². The molecule has 83 heavy (non-hydrogen) atoms. The van der Waals surface area contributed by atoms with Crippen LogP contribution in [-0.4, -0.2) is 142 Å². The Morgan fingerprint density at radius 1 is 0.627 bits per heavy atom. The molecule has 0 saturated heterocycles. The average Bonchev–Trinajstić information content (AvgIpc) is 4.26. The number of carbonyl (C=O) groups excluding carboxylic acids is 10. The summed E-state index contributed by atoms with van der Waals surface area (Å²) in [7, 11) is 0. The average molecular weight is 1140 g/mol. The number of nitrogens with zero attached hydrogens (tertiary/aromatic N) is 2. The van der Waals surface area contributed by atoms with Crippen LogP contribution in [0.25, 0.3) is 21.7 Å². The standard InChI is InChI=1S/C51H62N12O7.C6H8O7/c1-30(53)45(64)60-44(26-37-28-55-29-57-37)51(70)63-48(67)41(18-10-11-21-52)59-49(68)42(24-32-12-4-3-5-13-32)62-50(69)43(25-36-27-56-40-17-9-8-16-38(36)40)61-46(65)31(2)58-47(66)39(54)23-33-19-20-34-14-6-7-15-35(34)22-33;7-3(8)1-6(13,5(11)12)2-4(9)10/h3-9,12-17,19-20,22,27-31,37,39,41-44,56H,10-11,18,21,23-26,52-54H2,1-2H3,(H,58,66)(H,59,68)(H,60,64)(H,61,65)(H,62,69)(H,63,67,70);13H,1-2H2,(H,7,8)(H,9,10)(H,11,12)/p-3/t30-,31-,37?,39+,41-,42+,43-,44-;/m0./s1. The van der Waals surface area contributed by atoms with E-state index in [1.807, 2.05) is 66.7 Å². The number of aliphatic imine (C=N–C) groups is 2. The molecule has 0 radical (unpaired) electrons. The SMILES string of the molecule is C[C@H](N)C(=O)N[C@@H](CC1C=NC=N1)C(=O)NC(=O)[C@H](CCCCN)NC(=O)[C@@H](Cc1ccccc1)NC(=O)[C@H](Cc1c[nH]c2ccccc12)NC(=O)[C@H](C)NC(=O)[C@H](N)Cc1ccc2ccccc2c1.O=C([O-])CC(O)(CC(=O)[O-])C(=O)[O-]. The first kappa shape index (κ1) is 64.6. The van der Waals surface area contributed by atoms with Gasteiger partial charge in [-0.15, -0.1) is 0 Å². The lowest BCUT2D eigenvalue weighted by Gasteiger charge is -2.29. The van der Waals surface area contributed by atoms with Crippen LogP contribution in [0.4, 0.5) is 0 Å². The summed E-state index contributed by atoms with van der Waals surface area (Å²) in [5.41, 5.74) is 17.9. The van der Waals surface area contributed by atoms with Crippen molar-refractivity contribution in [1.82, 2.24) is 36.9 Å². The highest BCUT2D eigenvalue weighted by atomic mass is 16.4. The molecule has 6 rings (SSSR count). The molecule has 26 heteroatoms. The third kappa shape index (κ3) is 20.1. The number of carbonyl (C=O) groups is 10. The van der Waals surface area contributed by atoms with Crippen LogP contribution in [0.5, 0.6) is 0 Å². The number of nitrogens with two attached hydrogens (primary N) is 3. The number of carboxylic acids is 3. The predicted octanol–water partition coefficient (Wildman–Crippen LogP) is -4.14. The van der Waals surface area contributed by atoms with Gasteiger partial charge in [-0.1, -0.05) is 91.0 Å². The molecular weight excluding hydrogens is 1080 g/mol. The number of fused-ring (bicyclic) bond motifs is 2. The first-order valence-electron chi connectivity index (χ1n) is 26.5. The second-order valence-corrected chi connectivity index (χ2v) is 19.9. The van der Waals surface area contributed by atoms with Gasteiger partial charge in [0.2, 0.25) is 41.4 Å². The van der Waals surface area contributed by atoms with E-state index in [9.17, 15) is 63.3 Å². The topological polar surface area (TPSA) is 451 Å². The molecule has 2 heterocycles. The largest absolute Gasteiger partial charge is 0.550 e. The number of benzene rings is 4. The smallest absolute Gasteiger partial charge is 0.249 e. The van der Waals surface area contributed by atoms with E-state index in [4.69, 9.17) is 22.3 Å². The lowest BCUT2D eigenvalue weighted by molar-refractivity contribution is -0.339. The van der Waals surface area contributed by atoms with Crippen LogP contribution in [0.1, 0.15) is 69.1 Å². The zero-order chi connectivity index (χ0) is 60.8. The molecule has 1 aliphatic heterocycles. The van der Waals surface area contributed by atoms with E-state index in [-0.39, 0.29) is 32.1 Å². The van der Waals surface area contributed by atoms with Crippen LogP contribution in [0, 0.1) is 0 Å². The van der Waals surface area contributed by atoms with Crippen molar-refractivity contribution in [3.05, 3.63) is 120 Å². The second-order valence-electron chi connectivity index (χ2n) is 19.9. The van der Waals surface area contributed by atoms with Crippen LogP contribution < -0.4 is 64.4 Å². The van der Waals surface area contributed by atoms with Crippen molar-refractivity contribution in [1.29, 1.82) is 0 Å². The van der Waals surface area contributed by atoms with Gasteiger partial charge in [0, 0.05) is 67.4 Å². The molecule has 1 aromatic heterocycles. The van der Waals surface area contributed by atoms with E-state index in [1.54, 1.807) is 36.5 Å². The Morgan fingerprint density at radius 3 is 1.84 bits per heavy atom. The zero-order valence-electron chi connectivity index (χ0n) is 45.5. The van der Waals surface area contributed by atoms with Gasteiger partial charge in [-0.3, -0.25) is 43.9 Å². The highest BCUT2D eigenvalue weighted by molar-refractivity contribution is 6.03. The van der Waals surface area contributed by atoms with Crippen molar-refractivity contribution < 1.29 is 68.4 Å². The third-order valence-corrected chi connectivity index (χ3v) is 13.2. The first-order valence-corrected chi connectivity index (χ1v) is 26.5. The number of para-hydroxylation sites is 1. The number of nitrogens with one attached hydrogen (secondary N) is 7. The minimum absolute atomic E-state index is 0.0195. The highest BCUT2D eigenvalue weighted by Crippen LogP contribution is 2.21. The molecule has 5 aromatic rings. The van der Waals surface area contributed by atoms with Crippen molar-refractivity contribution in [2.75, 3.05) is 6.54 Å². The molecule has 7 amide bonds. The van der Waals surface area contributed by atoms with Crippen LogP contribution in [0.2, 0.25) is 0 Å². The number of carboxylic acid groups (broad SMARTS) is 3. The Kier molecular flexibility index (Phi) is 24.2. The van der Waals surface area contributed by atoms with Gasteiger partial charge in [-0.25, -0.2) is 4.99 Å². The molecule has 442 valence electrons. The fourth-order valence-corrected chi connectivity index (χ4v) is 8.67. The number of hydrogen-bond donors (Lipinski definition) is 11. The highest BCUT2D eigenvalue weighted by Gasteiger charge is 2.34. The van der Waals surface area contributed by atoms with Crippen molar-refractivity contribution in [3.63, 3.8) is 0 Å². The fraction of sp³-hybridized carbons (Fsp3) is 0.368. The minimum Gasteiger partial charge on any atom is -0.550 e. The monoisotopic (exact) mass is 1140 g/mol. The van der Waals surface area contributed by atoms with Crippen LogP contribution >= 0.6 is 0 Å². The van der Waals surface area contributed by atoms with Gasteiger partial charge in [0.1, 0.15) is 42.1 Å². The number of unbranched alkanes of at least 4 members (excludes halogenated alkanes) is 1. The summed E-state index contributed by atoms with van der Waals surface area (Å²) >= 11 is 0. The summed E-state index contributed by atoms with van der Waals surface area (Å²) < 4.78 is 0. The quantitative estimate of drug-likeness (QED) is 0.0203. The van der Waals surface area contributed by atoms with Crippen molar-refractivity contribution >= 4 is 93.5 Å². The molecule has 1 aliphatic rings. The number of imide groups is 1. The van der Waals surface area contributed by atoms with E-state index in [0.29, 0.717) is 30.5 Å². The van der Waals surface area contributed by atoms with E-state index in [0.717, 1.165) is 27.2 Å². The zero-order valence-corrected chi connectivity index (χ0v) is 45.5. The number of hydrogen-bond acceptors (Lipinski definition) is 19. The van der Waals surface area contributed by atoms with E-state index in [1.165, 1.54) is 26.4 Å². The van der Waals surface area contributed by atoms with Gasteiger partial charge >= 0.3 is 0 Å². The first-order chi connectivity index (χ1) is 39.5. The lowest BCUT2D eigenvalue weighted by atomic mass is 9.96. The molecule has 4 aromatic carbocycles. The van der Waals surface area contributed by atoms with Crippen LogP contribution in [-0.2, 0) is 67.2 Å². The van der Waals surface area contributed by atoms with E-state index in [2.05, 4.69) is 46.9 Å². The molecule has 0 fully saturated rings. The third-order valence-electron chi connectivity index (χ3n) is 13.2. The Labute approximate surface area is 476 Å². The fourth-order valence-electron chi connectivity index (χ4n) is 8.67. The Hall–Kier alpha value is -9.24. The number of amides is 7. The van der Waals surface area contributed by atoms with Gasteiger partial charge in [0.15, 0.2) is 0 Å². The van der Waals surface area contributed by atoms with E-state index < -0.39 is 126 Å². The number of aliphatic carboxylic acids is 3. The number of aliphatic hydroxyl groups is 1. The van der Waals surface area contributed by atoms with Gasteiger partial charge in [-0.05, 0) is 79.6 Å². The number of H-pyrrole nitrogens is 1. The second kappa shape index (κ2) is 31.1. The number of rotatable bonds is 29. The Balaban J connectivity index is 0.000000861. The predicted molar refractivity (Wildman–Crippen MR) is 297 cm³/mol. The molecule has 14 N–H and O–H groups in total. The Bertz CT molecular complexity index is 3160. The molecule has 8 atom stereocenters. The molecule has 1 unspecified atom stereocenters. The van der Waals surface area contributed by atoms with Crippen LogP contribution in [0.3, 0.4) is 0 Å². The minimum atomic E-state index is -2.97. The van der Waals surface area contributed by atoms with Gasteiger partial charge in [0.05, 0.1) is 24.1 Å². The van der Waals surface area contributed by atoms with Crippen molar-refractivity contribution in [2.45, 2.75) is 126 Å². The summed E-state index contributed by atoms with van der Waals surface area (Å²) in [5.74, 6) is -11.1. The molecule has 0 bridgehead atoms. The van der Waals surface area contributed by atoms with Gasteiger partial charge in [-0.2, -0.15) is 0 Å². The van der Waals surface area contributed by atoms with Gasteiger partial charge < -0.3 is 83.6 Å². The number of aromatic nitrogens is 1. The summed E-state index contributed by atoms with van der Waals surface area (Å²) in [4.78, 5) is 138. The normalized spacial score (nSPS) is 15.2. The molecule has 0 saturated carbocycles. The Morgan fingerprint density at radius 2 is 1.22 bits per heavy atom. The maximum Gasteiger partial charge on any atom is 0.249 e. The molecule has 0 spiro atoms. The number of aromatic amines is 1. The summed E-state index contributed by atoms with van der Waals surface area (Å²) in [6, 6.07) is 21.3. The lowest BCUT2D eigenvalue weighted by Crippen LogP contribution is -2.60. The maximum atomic E-state index is 14.6. The van der Waals surface area contributed by atoms with Crippen LogP contribution in [0.15, 0.2) is 113 Å². The molecular formula is C57H67N12O14-3. The summed E-state index contributed by atoms with van der Waals surface area (Å²) in [6.45, 7) is 3.23. The summed E-state index contributed by atoms with van der Waals surface area (Å²) in [5, 5.41) is 57.7. The van der Waals surface area contributed by atoms with E-state index >= 15 is 0 Å². The molecule has 0 aliphatic carbocycles.